The van der Waals surface area contributed by atoms with Crippen LogP contribution in [0.3, 0.4) is 0 Å². The second kappa shape index (κ2) is 9.67. The lowest BCUT2D eigenvalue weighted by molar-refractivity contribution is -0.115. The number of aryl methyl sites for hydroxylation is 3. The molecule has 7 heteroatoms. The number of carbonyl (C=O) groups excluding carboxylic acids is 1. The minimum Gasteiger partial charge on any atom is -0.497 e. The maximum Gasteiger partial charge on any atom is 0.258 e. The number of thioether (sulfide) groups is 2. The number of thiazole rings is 1. The number of aromatic nitrogens is 1. The van der Waals surface area contributed by atoms with Crippen molar-refractivity contribution in [3.8, 4) is 5.75 Å². The molecule has 0 aliphatic heterocycles. The highest BCUT2D eigenvalue weighted by atomic mass is 32.2. The minimum atomic E-state index is -0.111. The maximum atomic E-state index is 12.5. The summed E-state index contributed by atoms with van der Waals surface area (Å²) < 4.78 is 8.56. The molecule has 148 valence electrons. The summed E-state index contributed by atoms with van der Waals surface area (Å²) in [6.45, 7) is 5.08. The second-order valence-corrected chi connectivity index (χ2v) is 9.44. The highest BCUT2D eigenvalue weighted by Crippen LogP contribution is 2.24. The third kappa shape index (κ3) is 5.01. The summed E-state index contributed by atoms with van der Waals surface area (Å²) in [6.07, 6.45) is 2.10. The van der Waals surface area contributed by atoms with Gasteiger partial charge in [-0.1, -0.05) is 17.4 Å². The topological polar surface area (TPSA) is 43.6 Å². The molecule has 28 heavy (non-hydrogen) atoms. The Labute approximate surface area is 178 Å². The van der Waals surface area contributed by atoms with Gasteiger partial charge in [-0.15, -0.1) is 11.8 Å². The molecular weight excluding hydrogens is 408 g/mol. The van der Waals surface area contributed by atoms with Crippen molar-refractivity contribution >= 4 is 51.0 Å². The molecule has 0 radical (unpaired) electrons. The zero-order chi connectivity index (χ0) is 20.1. The zero-order valence-corrected chi connectivity index (χ0v) is 19.0. The van der Waals surface area contributed by atoms with Gasteiger partial charge in [-0.2, -0.15) is 16.8 Å². The Morgan fingerprint density at radius 3 is 2.64 bits per heavy atom. The first-order chi connectivity index (χ1) is 13.5. The van der Waals surface area contributed by atoms with Crippen molar-refractivity contribution in [2.75, 3.05) is 24.9 Å². The molecule has 0 saturated carbocycles. The molecule has 4 nitrogen and oxygen atoms in total. The molecule has 3 aromatic rings. The first-order valence-electron chi connectivity index (χ1n) is 8.95. The van der Waals surface area contributed by atoms with Crippen LogP contribution in [0, 0.1) is 13.8 Å². The van der Waals surface area contributed by atoms with Crippen LogP contribution in [0.4, 0.5) is 0 Å². The summed E-state index contributed by atoms with van der Waals surface area (Å²) >= 11 is 4.90. The summed E-state index contributed by atoms with van der Waals surface area (Å²) in [5.74, 6) is 2.01. The number of nitrogens with zero attached hydrogens (tertiary/aromatic N) is 2. The Kier molecular flexibility index (Phi) is 7.26. The number of fused-ring (bicyclic) bond motifs is 1. The third-order valence-electron chi connectivity index (χ3n) is 4.28. The third-order valence-corrected chi connectivity index (χ3v) is 7.09. The number of methoxy groups -OCH3 is 1. The van der Waals surface area contributed by atoms with Gasteiger partial charge < -0.3 is 9.30 Å². The monoisotopic (exact) mass is 432 g/mol. The molecule has 1 heterocycles. The van der Waals surface area contributed by atoms with Crippen molar-refractivity contribution in [2.45, 2.75) is 25.3 Å². The Morgan fingerprint density at radius 2 is 1.96 bits per heavy atom. The van der Waals surface area contributed by atoms with Gasteiger partial charge in [-0.05, 0) is 61.6 Å². The molecule has 1 amide bonds. The molecule has 0 unspecified atom stereocenters. The van der Waals surface area contributed by atoms with Gasteiger partial charge in [0.2, 0.25) is 0 Å². The lowest BCUT2D eigenvalue weighted by Crippen LogP contribution is -2.18. The molecule has 2 aromatic carbocycles. The van der Waals surface area contributed by atoms with Crippen LogP contribution in [-0.4, -0.2) is 35.3 Å². The Morgan fingerprint density at radius 1 is 1.21 bits per heavy atom. The summed E-state index contributed by atoms with van der Waals surface area (Å²) in [6, 6.07) is 12.1. The molecular formula is C21H24N2O2S3. The van der Waals surface area contributed by atoms with Crippen LogP contribution in [0.1, 0.15) is 11.1 Å². The van der Waals surface area contributed by atoms with Crippen molar-refractivity contribution < 1.29 is 9.53 Å². The van der Waals surface area contributed by atoms with Gasteiger partial charge in [0.25, 0.3) is 5.91 Å². The number of carbonyl (C=O) groups is 1. The van der Waals surface area contributed by atoms with E-state index in [1.807, 2.05) is 24.3 Å². The molecule has 0 aliphatic carbocycles. The molecule has 0 N–H and O–H groups in total. The molecule has 0 fully saturated rings. The van der Waals surface area contributed by atoms with Crippen molar-refractivity contribution in [1.29, 1.82) is 0 Å². The van der Waals surface area contributed by atoms with Crippen LogP contribution < -0.4 is 9.54 Å². The van der Waals surface area contributed by atoms with E-state index in [9.17, 15) is 4.79 Å². The minimum absolute atomic E-state index is 0.111. The molecule has 0 aliphatic rings. The molecule has 0 atom stereocenters. The van der Waals surface area contributed by atoms with Crippen LogP contribution in [0.5, 0.6) is 5.75 Å². The van der Waals surface area contributed by atoms with E-state index in [1.165, 1.54) is 33.1 Å². The normalized spacial score (nSPS) is 11.9. The fourth-order valence-electron chi connectivity index (χ4n) is 2.95. The fourth-order valence-corrected chi connectivity index (χ4v) is 5.12. The quantitative estimate of drug-likeness (QED) is 0.498. The van der Waals surface area contributed by atoms with E-state index in [2.05, 4.69) is 41.8 Å². The van der Waals surface area contributed by atoms with Crippen LogP contribution in [-0.2, 0) is 11.3 Å². The molecule has 0 bridgehead atoms. The fraction of sp³-hybridized carbons (Fsp3) is 0.333. The summed E-state index contributed by atoms with van der Waals surface area (Å²) in [4.78, 5) is 18.8. The number of amides is 1. The Balaban J connectivity index is 1.86. The maximum absolute atomic E-state index is 12.5. The highest BCUT2D eigenvalue weighted by Gasteiger charge is 2.11. The van der Waals surface area contributed by atoms with Gasteiger partial charge >= 0.3 is 0 Å². The van der Waals surface area contributed by atoms with Crippen molar-refractivity contribution in [2.24, 2.45) is 4.99 Å². The highest BCUT2D eigenvalue weighted by molar-refractivity contribution is 8.00. The summed E-state index contributed by atoms with van der Waals surface area (Å²) in [7, 11) is 1.64. The van der Waals surface area contributed by atoms with Crippen LogP contribution in [0.15, 0.2) is 46.3 Å². The van der Waals surface area contributed by atoms with Crippen LogP contribution >= 0.6 is 34.9 Å². The van der Waals surface area contributed by atoms with Crippen molar-refractivity contribution in [3.63, 3.8) is 0 Å². The summed E-state index contributed by atoms with van der Waals surface area (Å²) in [5.41, 5.74) is 3.64. The van der Waals surface area contributed by atoms with E-state index in [0.717, 1.165) is 27.7 Å². The van der Waals surface area contributed by atoms with E-state index >= 15 is 0 Å². The Bertz CT molecular complexity index is 1040. The number of ether oxygens (including phenoxy) is 1. The smallest absolute Gasteiger partial charge is 0.258 e. The van der Waals surface area contributed by atoms with Crippen molar-refractivity contribution in [3.05, 3.63) is 52.3 Å². The first-order valence-corrected chi connectivity index (χ1v) is 12.2. The molecule has 0 spiro atoms. The standard InChI is InChI=1S/C21H24N2O2S3/c1-14-11-15(2)20-18(12-14)23(9-10-26-4)21(28-20)22-19(24)13-27-17-7-5-16(25-3)6-8-17/h5-8,11-12H,9-10,13H2,1-4H3. The predicted molar refractivity (Wildman–Crippen MR) is 122 cm³/mol. The Hall–Kier alpha value is -1.70. The zero-order valence-electron chi connectivity index (χ0n) is 16.5. The second-order valence-electron chi connectivity index (χ2n) is 6.43. The van der Waals surface area contributed by atoms with Gasteiger partial charge in [0.1, 0.15) is 5.75 Å². The lowest BCUT2D eigenvalue weighted by atomic mass is 10.1. The van der Waals surface area contributed by atoms with Crippen LogP contribution in [0.25, 0.3) is 10.2 Å². The molecule has 3 rings (SSSR count). The van der Waals surface area contributed by atoms with Crippen LogP contribution in [0.2, 0.25) is 0 Å². The van der Waals surface area contributed by atoms with Gasteiger partial charge in [0.05, 0.1) is 23.1 Å². The average Bonchev–Trinajstić information content (AvgIpc) is 3.02. The van der Waals surface area contributed by atoms with Gasteiger partial charge in [0.15, 0.2) is 4.80 Å². The number of rotatable bonds is 7. The van der Waals surface area contributed by atoms with E-state index in [4.69, 9.17) is 4.74 Å². The van der Waals surface area contributed by atoms with Gasteiger partial charge in [-0.25, -0.2) is 0 Å². The average molecular weight is 433 g/mol. The molecule has 0 saturated heterocycles. The van der Waals surface area contributed by atoms with E-state index in [1.54, 1.807) is 30.2 Å². The lowest BCUT2D eigenvalue weighted by Gasteiger charge is -2.05. The van der Waals surface area contributed by atoms with E-state index in [0.29, 0.717) is 5.75 Å². The predicted octanol–water partition coefficient (Wildman–Crippen LogP) is 4.91. The van der Waals surface area contributed by atoms with Crippen molar-refractivity contribution in [1.82, 2.24) is 4.57 Å². The number of hydrogen-bond acceptors (Lipinski definition) is 5. The number of hydrogen-bond donors (Lipinski definition) is 0. The number of benzene rings is 2. The SMILES string of the molecule is COc1ccc(SCC(=O)N=c2sc3c(C)cc(C)cc3n2CCSC)cc1. The molecule has 1 aromatic heterocycles. The van der Waals surface area contributed by atoms with Gasteiger partial charge in [-0.3, -0.25) is 4.79 Å². The largest absolute Gasteiger partial charge is 0.497 e. The van der Waals surface area contributed by atoms with E-state index in [-0.39, 0.29) is 5.91 Å². The van der Waals surface area contributed by atoms with Gasteiger partial charge in [0, 0.05) is 17.2 Å². The first kappa shape index (κ1) is 21.0. The summed E-state index contributed by atoms with van der Waals surface area (Å²) in [5, 5.41) is 0. The van der Waals surface area contributed by atoms with E-state index < -0.39 is 0 Å².